The van der Waals surface area contributed by atoms with Crippen molar-refractivity contribution in [2.24, 2.45) is 16.3 Å². The molecule has 1 atom stereocenters. The van der Waals surface area contributed by atoms with Gasteiger partial charge in [0.25, 0.3) is 0 Å². The molecule has 0 aromatic rings. The molecule has 1 amide bonds. The molecule has 0 aromatic heterocycles. The van der Waals surface area contributed by atoms with Crippen molar-refractivity contribution in [3.63, 3.8) is 0 Å². The van der Waals surface area contributed by atoms with E-state index >= 15 is 0 Å². The smallest absolute Gasteiger partial charge is 0.234 e. The zero-order valence-electron chi connectivity index (χ0n) is 11.2. The van der Waals surface area contributed by atoms with Crippen LogP contribution in [0, 0.1) is 5.41 Å². The van der Waals surface area contributed by atoms with Crippen LogP contribution < -0.4 is 11.1 Å². The lowest BCUT2D eigenvalue weighted by Crippen LogP contribution is -2.51. The first kappa shape index (κ1) is 15.7. The lowest BCUT2D eigenvalue weighted by atomic mass is 9.83. The minimum Gasteiger partial charge on any atom is -0.409 e. The molecule has 1 saturated carbocycles. The number of nitrogens with zero attached hydrogens (tertiary/aromatic N) is 1. The van der Waals surface area contributed by atoms with E-state index in [1.165, 1.54) is 0 Å². The predicted molar refractivity (Wildman–Crippen MR) is 71.6 cm³/mol. The molecule has 1 rings (SSSR count). The van der Waals surface area contributed by atoms with E-state index in [0.717, 1.165) is 19.1 Å². The molecule has 0 saturated heterocycles. The summed E-state index contributed by atoms with van der Waals surface area (Å²) in [7, 11) is -3.16. The second kappa shape index (κ2) is 5.77. The van der Waals surface area contributed by atoms with Crippen LogP contribution in [0.2, 0.25) is 0 Å². The third-order valence-electron chi connectivity index (χ3n) is 3.42. The zero-order valence-corrected chi connectivity index (χ0v) is 12.0. The van der Waals surface area contributed by atoms with Crippen molar-refractivity contribution >= 4 is 21.6 Å². The van der Waals surface area contributed by atoms with E-state index in [1.807, 2.05) is 0 Å². The van der Waals surface area contributed by atoms with Crippen molar-refractivity contribution < 1.29 is 18.4 Å². The van der Waals surface area contributed by atoms with Crippen LogP contribution in [0.1, 0.15) is 32.6 Å². The third-order valence-corrected chi connectivity index (χ3v) is 4.53. The number of hydrogen-bond acceptors (Lipinski definition) is 5. The number of nitrogens with two attached hydrogens (primary N) is 1. The number of rotatable bonds is 5. The number of carbonyl (C=O) groups excluding carboxylic acids is 1. The number of nitrogens with one attached hydrogen (secondary N) is 1. The molecule has 110 valence electrons. The first-order valence-corrected chi connectivity index (χ1v) is 8.24. The maximum atomic E-state index is 12.3. The highest BCUT2D eigenvalue weighted by atomic mass is 32.2. The molecule has 1 aliphatic carbocycles. The maximum Gasteiger partial charge on any atom is 0.234 e. The Bertz CT molecular complexity index is 466. The Morgan fingerprint density at radius 1 is 1.47 bits per heavy atom. The average Bonchev–Trinajstić information content (AvgIpc) is 2.75. The van der Waals surface area contributed by atoms with E-state index in [4.69, 9.17) is 10.9 Å². The predicted octanol–water partition coefficient (Wildman–Crippen LogP) is -0.157. The van der Waals surface area contributed by atoms with Gasteiger partial charge in [0, 0.05) is 12.3 Å². The van der Waals surface area contributed by atoms with Gasteiger partial charge in [-0.05, 0) is 19.8 Å². The molecule has 19 heavy (non-hydrogen) atoms. The summed E-state index contributed by atoms with van der Waals surface area (Å²) in [6.45, 7) is 1.62. The van der Waals surface area contributed by atoms with Gasteiger partial charge < -0.3 is 16.3 Å². The highest BCUT2D eigenvalue weighted by Gasteiger charge is 2.45. The molecule has 0 aromatic carbocycles. The van der Waals surface area contributed by atoms with E-state index in [9.17, 15) is 13.2 Å². The first-order valence-electron chi connectivity index (χ1n) is 6.18. The molecule has 0 radical (unpaired) electrons. The molecule has 1 aliphatic rings. The van der Waals surface area contributed by atoms with Gasteiger partial charge in [-0.15, -0.1) is 0 Å². The lowest BCUT2D eigenvalue weighted by molar-refractivity contribution is -0.127. The van der Waals surface area contributed by atoms with Crippen molar-refractivity contribution in [1.29, 1.82) is 0 Å². The van der Waals surface area contributed by atoms with E-state index in [1.54, 1.807) is 6.92 Å². The molecule has 0 aliphatic heterocycles. The minimum atomic E-state index is -3.16. The van der Waals surface area contributed by atoms with Crippen molar-refractivity contribution in [3.05, 3.63) is 0 Å². The summed E-state index contributed by atoms with van der Waals surface area (Å²) >= 11 is 0. The van der Waals surface area contributed by atoms with Gasteiger partial charge >= 0.3 is 0 Å². The molecular formula is C11H21N3O4S. The van der Waals surface area contributed by atoms with Crippen LogP contribution in [0.25, 0.3) is 0 Å². The monoisotopic (exact) mass is 291 g/mol. The lowest BCUT2D eigenvalue weighted by Gasteiger charge is -2.27. The second-order valence-corrected chi connectivity index (χ2v) is 7.43. The normalized spacial score (nSPS) is 21.1. The van der Waals surface area contributed by atoms with E-state index in [-0.39, 0.29) is 17.5 Å². The van der Waals surface area contributed by atoms with Crippen LogP contribution in [-0.2, 0) is 14.6 Å². The molecule has 1 fully saturated rings. The largest absolute Gasteiger partial charge is 0.409 e. The Labute approximate surface area is 113 Å². The molecule has 4 N–H and O–H groups in total. The Morgan fingerprint density at radius 2 is 2.00 bits per heavy atom. The molecule has 1 unspecified atom stereocenters. The summed E-state index contributed by atoms with van der Waals surface area (Å²) < 4.78 is 22.3. The van der Waals surface area contributed by atoms with Crippen LogP contribution in [0.4, 0.5) is 0 Å². The van der Waals surface area contributed by atoms with Crippen molar-refractivity contribution in [3.8, 4) is 0 Å². The van der Waals surface area contributed by atoms with E-state index in [2.05, 4.69) is 10.5 Å². The standard InChI is InChI=1S/C11H21N3O4S/c1-8(7-19(2,17)18)13-10(15)11(9(12)14-16)5-3-4-6-11/h8,16H,3-7H2,1-2H3,(H2,12,14)(H,13,15). The molecule has 7 nitrogen and oxygen atoms in total. The molecule has 8 heteroatoms. The Kier molecular flexibility index (Phi) is 4.78. The fourth-order valence-electron chi connectivity index (χ4n) is 2.53. The number of carbonyl (C=O) groups is 1. The molecule has 0 spiro atoms. The fraction of sp³-hybridized carbons (Fsp3) is 0.818. The Morgan fingerprint density at radius 3 is 2.42 bits per heavy atom. The van der Waals surface area contributed by atoms with Gasteiger partial charge in [0.2, 0.25) is 5.91 Å². The van der Waals surface area contributed by atoms with Gasteiger partial charge in [0.1, 0.15) is 15.3 Å². The van der Waals surface area contributed by atoms with Crippen LogP contribution in [0.3, 0.4) is 0 Å². The summed E-state index contributed by atoms with van der Waals surface area (Å²) in [6.07, 6.45) is 3.79. The fourth-order valence-corrected chi connectivity index (χ4v) is 3.52. The quantitative estimate of drug-likeness (QED) is 0.281. The van der Waals surface area contributed by atoms with Crippen molar-refractivity contribution in [2.45, 2.75) is 38.6 Å². The summed E-state index contributed by atoms with van der Waals surface area (Å²) in [5.41, 5.74) is 4.64. The molecule has 0 heterocycles. The van der Waals surface area contributed by atoms with Gasteiger partial charge in [-0.1, -0.05) is 18.0 Å². The van der Waals surface area contributed by atoms with Gasteiger partial charge in [-0.2, -0.15) is 0 Å². The summed E-state index contributed by atoms with van der Waals surface area (Å²) in [6, 6.07) is -0.508. The summed E-state index contributed by atoms with van der Waals surface area (Å²) in [5.74, 6) is -0.601. The number of amidine groups is 1. The SMILES string of the molecule is CC(CS(C)(=O)=O)NC(=O)C1(C(N)=NO)CCCC1. The van der Waals surface area contributed by atoms with E-state index in [0.29, 0.717) is 12.8 Å². The van der Waals surface area contributed by atoms with Gasteiger partial charge in [0.05, 0.1) is 5.75 Å². The van der Waals surface area contributed by atoms with Gasteiger partial charge in [-0.25, -0.2) is 8.42 Å². The van der Waals surface area contributed by atoms with Gasteiger partial charge in [-0.3, -0.25) is 4.79 Å². The molecular weight excluding hydrogens is 270 g/mol. The molecule has 0 bridgehead atoms. The highest BCUT2D eigenvalue weighted by molar-refractivity contribution is 7.90. The topological polar surface area (TPSA) is 122 Å². The van der Waals surface area contributed by atoms with Gasteiger partial charge in [0.15, 0.2) is 5.84 Å². The number of sulfone groups is 1. The Hall–Kier alpha value is -1.31. The minimum absolute atomic E-state index is 0.103. The van der Waals surface area contributed by atoms with Crippen LogP contribution >= 0.6 is 0 Å². The van der Waals surface area contributed by atoms with Crippen molar-refractivity contribution in [2.75, 3.05) is 12.0 Å². The first-order chi connectivity index (χ1) is 8.71. The second-order valence-electron chi connectivity index (χ2n) is 5.24. The summed E-state index contributed by atoms with van der Waals surface area (Å²) in [4.78, 5) is 12.3. The Balaban J connectivity index is 2.80. The van der Waals surface area contributed by atoms with E-state index < -0.39 is 21.3 Å². The third kappa shape index (κ3) is 3.82. The van der Waals surface area contributed by atoms with Crippen LogP contribution in [-0.4, -0.2) is 43.4 Å². The highest BCUT2D eigenvalue weighted by Crippen LogP contribution is 2.38. The number of hydrogen-bond donors (Lipinski definition) is 3. The number of amides is 1. The average molecular weight is 291 g/mol. The zero-order chi connectivity index (χ0) is 14.7. The maximum absolute atomic E-state index is 12.3. The summed E-state index contributed by atoms with van der Waals surface area (Å²) in [5, 5.41) is 14.4. The van der Waals surface area contributed by atoms with Crippen LogP contribution in [0.5, 0.6) is 0 Å². The number of oxime groups is 1. The van der Waals surface area contributed by atoms with Crippen molar-refractivity contribution in [1.82, 2.24) is 5.32 Å². The van der Waals surface area contributed by atoms with Crippen LogP contribution in [0.15, 0.2) is 5.16 Å².